The van der Waals surface area contributed by atoms with Crippen LogP contribution in [0.25, 0.3) is 0 Å². The molecule has 2 aliphatic rings. The molecule has 1 aliphatic heterocycles. The maximum Gasteiger partial charge on any atom is 0.255 e. The van der Waals surface area contributed by atoms with E-state index in [0.29, 0.717) is 5.56 Å². The number of hydrogen-bond acceptors (Lipinski definition) is 3. The average Bonchev–Trinajstić information content (AvgIpc) is 2.60. The van der Waals surface area contributed by atoms with Gasteiger partial charge in [0.15, 0.2) is 0 Å². The van der Waals surface area contributed by atoms with Crippen molar-refractivity contribution in [2.24, 2.45) is 0 Å². The van der Waals surface area contributed by atoms with Gasteiger partial charge in [-0.3, -0.25) is 4.79 Å². The number of aryl methyl sites for hydroxylation is 2. The zero-order chi connectivity index (χ0) is 16.9. The quantitative estimate of drug-likeness (QED) is 0.871. The number of fused-ring (bicyclic) bond motifs is 1. The molecule has 1 fully saturated rings. The number of hydrogen-bond donors (Lipinski definition) is 2. The highest BCUT2D eigenvalue weighted by molar-refractivity contribution is 5.97. The van der Waals surface area contributed by atoms with Crippen LogP contribution in [0.15, 0.2) is 12.1 Å². The summed E-state index contributed by atoms with van der Waals surface area (Å²) < 4.78 is 0. The molecular weight excluding hydrogens is 300 g/mol. The zero-order valence-corrected chi connectivity index (χ0v) is 14.8. The Labute approximate surface area is 145 Å². The summed E-state index contributed by atoms with van der Waals surface area (Å²) in [5.74, 6) is 0.0152. The molecule has 3 rings (SSSR count). The number of aromatic hydroxyl groups is 1. The van der Waals surface area contributed by atoms with E-state index in [9.17, 15) is 9.90 Å². The van der Waals surface area contributed by atoms with Crippen LogP contribution in [0.5, 0.6) is 5.75 Å². The molecule has 0 spiro atoms. The summed E-state index contributed by atoms with van der Waals surface area (Å²) in [5, 5.41) is 13.4. The summed E-state index contributed by atoms with van der Waals surface area (Å²) in [7, 11) is 0. The molecule has 132 valence electrons. The molecule has 0 saturated carbocycles. The summed E-state index contributed by atoms with van der Waals surface area (Å²) >= 11 is 0. The Kier molecular flexibility index (Phi) is 5.77. The van der Waals surface area contributed by atoms with Gasteiger partial charge in [-0.2, -0.15) is 0 Å². The van der Waals surface area contributed by atoms with E-state index >= 15 is 0 Å². The first-order valence-corrected chi connectivity index (χ1v) is 9.55. The van der Waals surface area contributed by atoms with Crippen LogP contribution in [0.1, 0.15) is 66.9 Å². The van der Waals surface area contributed by atoms with Gasteiger partial charge < -0.3 is 15.3 Å². The Morgan fingerprint density at radius 2 is 1.88 bits per heavy atom. The second kappa shape index (κ2) is 8.02. The van der Waals surface area contributed by atoms with Crippen LogP contribution in [-0.4, -0.2) is 41.6 Å². The molecule has 2 N–H and O–H groups in total. The molecule has 0 bridgehead atoms. The standard InChI is InChI=1S/C20H30N2O2/c1-2-3-10-22-11-8-17(9-12-22)21-20(24)18-13-15-6-4-5-7-16(15)14-19(18)23/h13-14,17,23H,2-12H2,1H3,(H,21,24). The van der Waals surface area contributed by atoms with Crippen molar-refractivity contribution in [3.05, 3.63) is 28.8 Å². The van der Waals surface area contributed by atoms with Crippen LogP contribution in [0, 0.1) is 0 Å². The number of phenols is 1. The lowest BCUT2D eigenvalue weighted by atomic mass is 9.89. The third-order valence-electron chi connectivity index (χ3n) is 5.46. The topological polar surface area (TPSA) is 52.6 Å². The molecule has 1 heterocycles. The van der Waals surface area contributed by atoms with Crippen molar-refractivity contribution in [1.82, 2.24) is 10.2 Å². The third-order valence-corrected chi connectivity index (χ3v) is 5.46. The van der Waals surface area contributed by atoms with Gasteiger partial charge in [0.1, 0.15) is 5.75 Å². The van der Waals surface area contributed by atoms with E-state index in [2.05, 4.69) is 17.1 Å². The van der Waals surface area contributed by atoms with E-state index < -0.39 is 0 Å². The van der Waals surface area contributed by atoms with Gasteiger partial charge in [-0.05, 0) is 74.8 Å². The van der Waals surface area contributed by atoms with Gasteiger partial charge in [-0.15, -0.1) is 0 Å². The first kappa shape index (κ1) is 17.3. The fourth-order valence-corrected chi connectivity index (χ4v) is 3.90. The first-order valence-electron chi connectivity index (χ1n) is 9.55. The molecule has 0 radical (unpaired) electrons. The molecular formula is C20H30N2O2. The minimum absolute atomic E-state index is 0.118. The molecule has 1 amide bonds. The molecule has 1 aliphatic carbocycles. The van der Waals surface area contributed by atoms with Gasteiger partial charge in [0, 0.05) is 19.1 Å². The maximum absolute atomic E-state index is 12.6. The van der Waals surface area contributed by atoms with Crippen molar-refractivity contribution in [1.29, 1.82) is 0 Å². The number of unbranched alkanes of at least 4 members (excludes halogenated alkanes) is 1. The summed E-state index contributed by atoms with van der Waals surface area (Å²) in [6, 6.07) is 3.94. The number of carbonyl (C=O) groups excluding carboxylic acids is 1. The molecule has 0 aromatic heterocycles. The normalized spacial score (nSPS) is 19.0. The molecule has 24 heavy (non-hydrogen) atoms. The number of carbonyl (C=O) groups is 1. The summed E-state index contributed by atoms with van der Waals surface area (Å²) in [4.78, 5) is 15.1. The smallest absolute Gasteiger partial charge is 0.255 e. The highest BCUT2D eigenvalue weighted by Crippen LogP contribution is 2.28. The summed E-state index contributed by atoms with van der Waals surface area (Å²) in [6.07, 6.45) is 8.87. The van der Waals surface area contributed by atoms with Gasteiger partial charge in [-0.1, -0.05) is 13.3 Å². The van der Waals surface area contributed by atoms with Crippen LogP contribution < -0.4 is 5.32 Å². The SMILES string of the molecule is CCCCN1CCC(NC(=O)c2cc3c(cc2O)CCCC3)CC1. The van der Waals surface area contributed by atoms with E-state index in [1.165, 1.54) is 43.4 Å². The van der Waals surface area contributed by atoms with Crippen molar-refractivity contribution in [2.75, 3.05) is 19.6 Å². The van der Waals surface area contributed by atoms with Crippen molar-refractivity contribution >= 4 is 5.91 Å². The minimum Gasteiger partial charge on any atom is -0.507 e. The summed E-state index contributed by atoms with van der Waals surface area (Å²) in [5.41, 5.74) is 2.89. The van der Waals surface area contributed by atoms with E-state index in [0.717, 1.165) is 38.8 Å². The van der Waals surface area contributed by atoms with E-state index in [1.807, 2.05) is 6.07 Å². The second-order valence-corrected chi connectivity index (χ2v) is 7.29. The Morgan fingerprint density at radius 1 is 1.21 bits per heavy atom. The van der Waals surface area contributed by atoms with Gasteiger partial charge >= 0.3 is 0 Å². The fourth-order valence-electron chi connectivity index (χ4n) is 3.90. The monoisotopic (exact) mass is 330 g/mol. The molecule has 0 unspecified atom stereocenters. The molecule has 1 saturated heterocycles. The number of amides is 1. The first-order chi connectivity index (χ1) is 11.7. The lowest BCUT2D eigenvalue weighted by Gasteiger charge is -2.32. The van der Waals surface area contributed by atoms with Crippen molar-refractivity contribution in [2.45, 2.75) is 64.3 Å². The van der Waals surface area contributed by atoms with Gasteiger partial charge in [-0.25, -0.2) is 0 Å². The zero-order valence-electron chi connectivity index (χ0n) is 14.8. The van der Waals surface area contributed by atoms with Crippen molar-refractivity contribution in [3.63, 3.8) is 0 Å². The highest BCUT2D eigenvalue weighted by atomic mass is 16.3. The number of nitrogens with one attached hydrogen (secondary N) is 1. The van der Waals surface area contributed by atoms with Gasteiger partial charge in [0.2, 0.25) is 0 Å². The number of piperidine rings is 1. The fraction of sp³-hybridized carbons (Fsp3) is 0.650. The lowest BCUT2D eigenvalue weighted by molar-refractivity contribution is 0.0908. The number of likely N-dealkylation sites (tertiary alicyclic amines) is 1. The van der Waals surface area contributed by atoms with Crippen molar-refractivity contribution < 1.29 is 9.90 Å². The number of phenolic OH excluding ortho intramolecular Hbond substituents is 1. The summed E-state index contributed by atoms with van der Waals surface area (Å²) in [6.45, 7) is 5.50. The van der Waals surface area contributed by atoms with Crippen LogP contribution >= 0.6 is 0 Å². The van der Waals surface area contributed by atoms with Crippen LogP contribution in [-0.2, 0) is 12.8 Å². The van der Waals surface area contributed by atoms with Crippen LogP contribution in [0.2, 0.25) is 0 Å². The molecule has 4 nitrogen and oxygen atoms in total. The Hall–Kier alpha value is -1.55. The number of rotatable bonds is 5. The molecule has 0 atom stereocenters. The minimum atomic E-state index is -0.118. The largest absolute Gasteiger partial charge is 0.507 e. The average molecular weight is 330 g/mol. The lowest BCUT2D eigenvalue weighted by Crippen LogP contribution is -2.44. The van der Waals surface area contributed by atoms with Crippen LogP contribution in [0.4, 0.5) is 0 Å². The third kappa shape index (κ3) is 4.10. The number of nitrogens with zero attached hydrogens (tertiary/aromatic N) is 1. The molecule has 1 aromatic rings. The van der Waals surface area contributed by atoms with Crippen molar-refractivity contribution in [3.8, 4) is 5.75 Å². The van der Waals surface area contributed by atoms with E-state index in [4.69, 9.17) is 0 Å². The highest BCUT2D eigenvalue weighted by Gasteiger charge is 2.23. The Bertz CT molecular complexity index is 577. The van der Waals surface area contributed by atoms with Crippen LogP contribution in [0.3, 0.4) is 0 Å². The van der Waals surface area contributed by atoms with Gasteiger partial charge in [0.25, 0.3) is 5.91 Å². The predicted molar refractivity (Wildman–Crippen MR) is 96.6 cm³/mol. The predicted octanol–water partition coefficient (Wildman–Crippen LogP) is 3.27. The van der Waals surface area contributed by atoms with Gasteiger partial charge in [0.05, 0.1) is 5.56 Å². The Morgan fingerprint density at radius 3 is 2.54 bits per heavy atom. The second-order valence-electron chi connectivity index (χ2n) is 7.29. The maximum atomic E-state index is 12.6. The van der Waals surface area contributed by atoms with E-state index in [1.54, 1.807) is 6.07 Å². The Balaban J connectivity index is 1.58. The molecule has 1 aromatic carbocycles. The molecule has 4 heteroatoms. The van der Waals surface area contributed by atoms with E-state index in [-0.39, 0.29) is 17.7 Å². The number of benzene rings is 1.